The van der Waals surface area contributed by atoms with Crippen molar-refractivity contribution in [3.8, 4) is 11.3 Å². The zero-order valence-electron chi connectivity index (χ0n) is 18.9. The van der Waals surface area contributed by atoms with Crippen molar-refractivity contribution in [1.29, 1.82) is 0 Å². The maximum atomic E-state index is 12.8. The number of anilines is 1. The van der Waals surface area contributed by atoms with E-state index >= 15 is 0 Å². The van der Waals surface area contributed by atoms with Crippen molar-refractivity contribution in [1.82, 2.24) is 25.5 Å². The van der Waals surface area contributed by atoms with E-state index in [9.17, 15) is 14.4 Å². The average molecular weight is 529 g/mol. The smallest absolute Gasteiger partial charge is 0.407 e. The molecule has 1 aliphatic rings. The topological polar surface area (TPSA) is 151 Å². The lowest BCUT2D eigenvalue weighted by Crippen LogP contribution is -2.38. The van der Waals surface area contributed by atoms with Gasteiger partial charge in [-0.3, -0.25) is 9.59 Å². The highest BCUT2D eigenvalue weighted by Gasteiger charge is 2.28. The molecule has 0 radical (unpaired) electrons. The Morgan fingerprint density at radius 1 is 1.14 bits per heavy atom. The minimum Gasteiger partial charge on any atom is -0.465 e. The van der Waals surface area contributed by atoms with E-state index in [0.717, 1.165) is 5.56 Å². The van der Waals surface area contributed by atoms with Gasteiger partial charge in [-0.2, -0.15) is 0 Å². The SMILES string of the molecule is Nc1ncc(-c2cccc(C(=O)NCc3ccc(Cl)cc3Cl)c2)nc1C(=O)N[C@H]1CCN(C(=O)O)C1. The number of amides is 3. The molecule has 5 N–H and O–H groups in total. The summed E-state index contributed by atoms with van der Waals surface area (Å²) in [6, 6.07) is 11.4. The molecule has 1 aliphatic heterocycles. The lowest BCUT2D eigenvalue weighted by atomic mass is 10.1. The number of benzene rings is 2. The fourth-order valence-corrected chi connectivity index (χ4v) is 4.25. The predicted octanol–water partition coefficient (Wildman–Crippen LogP) is 3.44. The molecule has 1 fully saturated rings. The van der Waals surface area contributed by atoms with Gasteiger partial charge in [-0.1, -0.05) is 41.4 Å². The first kappa shape index (κ1) is 25.2. The second-order valence-electron chi connectivity index (χ2n) is 8.18. The van der Waals surface area contributed by atoms with Gasteiger partial charge in [0.1, 0.15) is 0 Å². The Bertz CT molecular complexity index is 1340. The summed E-state index contributed by atoms with van der Waals surface area (Å²) in [5, 5.41) is 15.6. The summed E-state index contributed by atoms with van der Waals surface area (Å²) in [5.41, 5.74) is 7.83. The fraction of sp³-hybridized carbons (Fsp3) is 0.208. The molecule has 36 heavy (non-hydrogen) atoms. The van der Waals surface area contributed by atoms with E-state index in [2.05, 4.69) is 20.6 Å². The molecule has 3 aromatic rings. The van der Waals surface area contributed by atoms with Crippen LogP contribution in [-0.4, -0.2) is 57.0 Å². The highest BCUT2D eigenvalue weighted by atomic mass is 35.5. The molecule has 0 bridgehead atoms. The van der Waals surface area contributed by atoms with Gasteiger partial charge in [-0.05, 0) is 36.2 Å². The van der Waals surface area contributed by atoms with Crippen molar-refractivity contribution in [2.75, 3.05) is 18.8 Å². The number of carboxylic acid groups (broad SMARTS) is 1. The maximum absolute atomic E-state index is 12.8. The molecule has 12 heteroatoms. The van der Waals surface area contributed by atoms with E-state index in [1.807, 2.05) is 0 Å². The zero-order valence-corrected chi connectivity index (χ0v) is 20.4. The van der Waals surface area contributed by atoms with Crippen molar-refractivity contribution in [3.63, 3.8) is 0 Å². The van der Waals surface area contributed by atoms with E-state index in [1.165, 1.54) is 11.1 Å². The molecule has 1 saturated heterocycles. The van der Waals surface area contributed by atoms with Crippen LogP contribution in [0, 0.1) is 0 Å². The number of rotatable bonds is 6. The van der Waals surface area contributed by atoms with Gasteiger partial charge in [0, 0.05) is 46.8 Å². The summed E-state index contributed by atoms with van der Waals surface area (Å²) in [7, 11) is 0. The van der Waals surface area contributed by atoms with Crippen LogP contribution in [0.15, 0.2) is 48.7 Å². The van der Waals surface area contributed by atoms with E-state index in [4.69, 9.17) is 34.0 Å². The summed E-state index contributed by atoms with van der Waals surface area (Å²) in [5.74, 6) is -0.931. The third-order valence-corrected chi connectivity index (χ3v) is 6.27. The Hall–Kier alpha value is -3.89. The fourth-order valence-electron chi connectivity index (χ4n) is 3.77. The maximum Gasteiger partial charge on any atom is 0.407 e. The number of hydrogen-bond acceptors (Lipinski definition) is 6. The molecule has 0 aliphatic carbocycles. The van der Waals surface area contributed by atoms with Crippen LogP contribution in [0.25, 0.3) is 11.3 Å². The van der Waals surface area contributed by atoms with Gasteiger partial charge in [0.2, 0.25) is 0 Å². The Morgan fingerprint density at radius 2 is 1.94 bits per heavy atom. The molecular weight excluding hydrogens is 507 g/mol. The van der Waals surface area contributed by atoms with Gasteiger partial charge in [-0.15, -0.1) is 0 Å². The monoisotopic (exact) mass is 528 g/mol. The van der Waals surface area contributed by atoms with Crippen molar-refractivity contribution >= 4 is 46.9 Å². The highest BCUT2D eigenvalue weighted by Crippen LogP contribution is 2.22. The predicted molar refractivity (Wildman–Crippen MR) is 135 cm³/mol. The first-order valence-corrected chi connectivity index (χ1v) is 11.7. The summed E-state index contributed by atoms with van der Waals surface area (Å²) >= 11 is 12.1. The van der Waals surface area contributed by atoms with Gasteiger partial charge in [0.05, 0.1) is 11.9 Å². The van der Waals surface area contributed by atoms with Crippen LogP contribution in [0.2, 0.25) is 10.0 Å². The molecule has 4 rings (SSSR count). The molecule has 186 valence electrons. The van der Waals surface area contributed by atoms with Crippen molar-refractivity contribution in [2.45, 2.75) is 19.0 Å². The van der Waals surface area contributed by atoms with Crippen molar-refractivity contribution < 1.29 is 19.5 Å². The second-order valence-corrected chi connectivity index (χ2v) is 9.02. The van der Waals surface area contributed by atoms with Crippen LogP contribution in [0.1, 0.15) is 32.8 Å². The summed E-state index contributed by atoms with van der Waals surface area (Å²) < 4.78 is 0. The van der Waals surface area contributed by atoms with E-state index in [-0.39, 0.29) is 36.6 Å². The number of carbonyl (C=O) groups excluding carboxylic acids is 2. The standard InChI is InChI=1S/C24H22Cl2N6O4/c25-16-5-4-15(18(26)9-16)10-29-22(33)14-3-1-2-13(8-14)19-11-28-21(27)20(31-19)23(34)30-17-6-7-32(12-17)24(35)36/h1-5,8-9,11,17H,6-7,10,12H2,(H2,27,28)(H,29,33)(H,30,34)(H,35,36)/t17-/m0/s1. The van der Waals surface area contributed by atoms with Crippen LogP contribution in [0.5, 0.6) is 0 Å². The first-order valence-electron chi connectivity index (χ1n) is 10.9. The molecule has 10 nitrogen and oxygen atoms in total. The minimum atomic E-state index is -1.03. The summed E-state index contributed by atoms with van der Waals surface area (Å²) in [6.45, 7) is 0.735. The van der Waals surface area contributed by atoms with Crippen molar-refractivity contribution in [3.05, 3.63) is 75.5 Å². The van der Waals surface area contributed by atoms with Crippen LogP contribution < -0.4 is 16.4 Å². The quantitative estimate of drug-likeness (QED) is 0.382. The van der Waals surface area contributed by atoms with Gasteiger partial charge < -0.3 is 26.4 Å². The largest absolute Gasteiger partial charge is 0.465 e. The highest BCUT2D eigenvalue weighted by molar-refractivity contribution is 6.35. The molecule has 2 aromatic carbocycles. The number of nitrogens with two attached hydrogens (primary N) is 1. The van der Waals surface area contributed by atoms with Gasteiger partial charge in [0.25, 0.3) is 11.8 Å². The Labute approximate surface area is 216 Å². The molecule has 1 atom stereocenters. The van der Waals surface area contributed by atoms with Crippen LogP contribution in [0.4, 0.5) is 10.6 Å². The number of carbonyl (C=O) groups is 3. The molecular formula is C24H22Cl2N6O4. The number of nitrogen functional groups attached to an aromatic ring is 1. The first-order chi connectivity index (χ1) is 17.2. The number of nitrogens with one attached hydrogen (secondary N) is 2. The number of aromatic nitrogens is 2. The lowest BCUT2D eigenvalue weighted by Gasteiger charge is -2.14. The Kier molecular flexibility index (Phi) is 7.56. The van der Waals surface area contributed by atoms with E-state index < -0.39 is 12.0 Å². The van der Waals surface area contributed by atoms with Gasteiger partial charge in [-0.25, -0.2) is 14.8 Å². The number of likely N-dealkylation sites (tertiary alicyclic amines) is 1. The van der Waals surface area contributed by atoms with Gasteiger partial charge >= 0.3 is 6.09 Å². The average Bonchev–Trinajstić information content (AvgIpc) is 3.32. The van der Waals surface area contributed by atoms with Crippen LogP contribution in [-0.2, 0) is 6.54 Å². The Balaban J connectivity index is 1.47. The van der Waals surface area contributed by atoms with E-state index in [0.29, 0.717) is 39.8 Å². The second kappa shape index (κ2) is 10.8. The van der Waals surface area contributed by atoms with E-state index in [1.54, 1.807) is 42.5 Å². The van der Waals surface area contributed by atoms with Crippen LogP contribution in [0.3, 0.4) is 0 Å². The third-order valence-electron chi connectivity index (χ3n) is 5.68. The van der Waals surface area contributed by atoms with Gasteiger partial charge in [0.15, 0.2) is 11.5 Å². The number of hydrogen-bond donors (Lipinski definition) is 4. The molecule has 3 amide bonds. The van der Waals surface area contributed by atoms with Crippen molar-refractivity contribution in [2.24, 2.45) is 0 Å². The number of halogens is 2. The number of nitrogens with zero attached hydrogens (tertiary/aromatic N) is 3. The molecule has 0 unspecified atom stereocenters. The minimum absolute atomic E-state index is 0.0573. The summed E-state index contributed by atoms with van der Waals surface area (Å²) in [6.07, 6.45) is 0.871. The zero-order chi connectivity index (χ0) is 25.8. The molecule has 0 spiro atoms. The third kappa shape index (κ3) is 5.84. The Morgan fingerprint density at radius 3 is 2.67 bits per heavy atom. The molecule has 2 heterocycles. The van der Waals surface area contributed by atoms with Crippen LogP contribution >= 0.6 is 23.2 Å². The molecule has 1 aromatic heterocycles. The summed E-state index contributed by atoms with van der Waals surface area (Å²) in [4.78, 5) is 46.3. The normalized spacial score (nSPS) is 14.9. The lowest BCUT2D eigenvalue weighted by molar-refractivity contribution is 0.0928. The molecule has 0 saturated carbocycles.